The normalized spacial score (nSPS) is 17.6. The summed E-state index contributed by atoms with van der Waals surface area (Å²) in [5, 5.41) is 15.6. The molecule has 5 aromatic rings. The van der Waals surface area contributed by atoms with Crippen molar-refractivity contribution in [2.75, 3.05) is 5.32 Å². The number of nitrogens with zero attached hydrogens (tertiary/aromatic N) is 3. The van der Waals surface area contributed by atoms with Crippen molar-refractivity contribution >= 4 is 33.5 Å². The highest BCUT2D eigenvalue weighted by molar-refractivity contribution is 6.00. The molecule has 1 aliphatic rings. The topological polar surface area (TPSA) is 106 Å². The van der Waals surface area contributed by atoms with Gasteiger partial charge in [0.05, 0.1) is 17.2 Å². The van der Waals surface area contributed by atoms with E-state index >= 15 is 0 Å². The maximum Gasteiger partial charge on any atom is 0.250 e. The van der Waals surface area contributed by atoms with Crippen LogP contribution in [0.2, 0.25) is 0 Å². The number of carbonyl (C=O) groups excluding carboxylic acids is 1. The van der Waals surface area contributed by atoms with Gasteiger partial charge in [-0.05, 0) is 79.6 Å². The van der Waals surface area contributed by atoms with Crippen molar-refractivity contribution in [3.63, 3.8) is 0 Å². The molecule has 1 aliphatic carbocycles. The number of nitrogens with one attached hydrogen (secondary N) is 1. The van der Waals surface area contributed by atoms with Crippen LogP contribution in [0.4, 0.5) is 5.69 Å². The Hall–Kier alpha value is -4.23. The van der Waals surface area contributed by atoms with Crippen LogP contribution in [0.1, 0.15) is 48.5 Å². The molecule has 1 amide bonds. The second-order valence-corrected chi connectivity index (χ2v) is 10.1. The van der Waals surface area contributed by atoms with Gasteiger partial charge in [0.25, 0.3) is 5.91 Å². The lowest BCUT2D eigenvalue weighted by Gasteiger charge is -2.28. The van der Waals surface area contributed by atoms with Crippen molar-refractivity contribution < 1.29 is 9.90 Å². The van der Waals surface area contributed by atoms with Gasteiger partial charge in [-0.1, -0.05) is 25.1 Å². The highest BCUT2D eigenvalue weighted by atomic mass is 16.3. The zero-order valence-corrected chi connectivity index (χ0v) is 21.4. The second-order valence-electron chi connectivity index (χ2n) is 10.1. The van der Waals surface area contributed by atoms with E-state index in [-0.39, 0.29) is 12.1 Å². The van der Waals surface area contributed by atoms with E-state index in [1.54, 1.807) is 6.07 Å². The van der Waals surface area contributed by atoms with Crippen LogP contribution in [0.25, 0.3) is 38.8 Å². The average molecular weight is 506 g/mol. The minimum atomic E-state index is -0.467. The molecule has 3 heterocycles. The Bertz CT molecular complexity index is 1650. The number of aromatic nitrogens is 3. The zero-order valence-electron chi connectivity index (χ0n) is 21.4. The van der Waals surface area contributed by atoms with Crippen LogP contribution in [-0.4, -0.2) is 37.7 Å². The molecule has 0 aliphatic heterocycles. The standard InChI is InChI=1S/C31H31N5O2/c1-2-19-18-36(23-9-12-26(30(32)38)28(16-23)35-22-7-10-24(37)11-8-22)31-29(19)25(13-14-33-31)21-15-20-5-3-4-6-27(20)34-17-21/h3-6,9,12-18,22,24,35,37H,2,7-8,10-11H2,1H3,(H2,32,38)/t22-,24-. The summed E-state index contributed by atoms with van der Waals surface area (Å²) >= 11 is 0. The van der Waals surface area contributed by atoms with E-state index in [1.807, 2.05) is 42.7 Å². The largest absolute Gasteiger partial charge is 0.393 e. The molecule has 3 aromatic heterocycles. The fourth-order valence-electron chi connectivity index (χ4n) is 5.61. The molecule has 192 valence electrons. The van der Waals surface area contributed by atoms with E-state index in [2.05, 4.69) is 46.2 Å². The molecule has 0 unspecified atom stereocenters. The molecule has 6 rings (SSSR count). The maximum absolute atomic E-state index is 12.2. The smallest absolute Gasteiger partial charge is 0.250 e. The minimum absolute atomic E-state index is 0.185. The molecular formula is C31H31N5O2. The molecule has 38 heavy (non-hydrogen) atoms. The summed E-state index contributed by atoms with van der Waals surface area (Å²) in [5.41, 5.74) is 13.0. The monoisotopic (exact) mass is 505 g/mol. The Morgan fingerprint density at radius 1 is 1.08 bits per heavy atom. The molecule has 0 spiro atoms. The molecule has 1 saturated carbocycles. The summed E-state index contributed by atoms with van der Waals surface area (Å²) in [6, 6.07) is 18.2. The van der Waals surface area contributed by atoms with E-state index in [4.69, 9.17) is 10.7 Å². The lowest BCUT2D eigenvalue weighted by Crippen LogP contribution is -2.29. The van der Waals surface area contributed by atoms with Crippen LogP contribution >= 0.6 is 0 Å². The Kier molecular flexibility index (Phi) is 6.29. The number of amides is 1. The van der Waals surface area contributed by atoms with Crippen molar-refractivity contribution in [3.05, 3.63) is 84.3 Å². The fourth-order valence-corrected chi connectivity index (χ4v) is 5.61. The quantitative estimate of drug-likeness (QED) is 0.278. The minimum Gasteiger partial charge on any atom is -0.393 e. The SMILES string of the molecule is CCc1cn(-c2ccc(C(N)=O)c(N[C@H]3CC[C@H](O)CC3)c2)c2nccc(-c3cnc4ccccc4c3)c12. The summed E-state index contributed by atoms with van der Waals surface area (Å²) in [6.45, 7) is 2.15. The molecule has 4 N–H and O–H groups in total. The number of primary amides is 1. The van der Waals surface area contributed by atoms with Gasteiger partial charge >= 0.3 is 0 Å². The van der Waals surface area contributed by atoms with Crippen LogP contribution in [0.15, 0.2) is 73.2 Å². The first-order valence-corrected chi connectivity index (χ1v) is 13.2. The lowest BCUT2D eigenvalue weighted by molar-refractivity contribution is 0.100. The molecule has 2 aromatic carbocycles. The first-order chi connectivity index (χ1) is 18.5. The summed E-state index contributed by atoms with van der Waals surface area (Å²) in [6.07, 6.45) is 9.71. The number of hydrogen-bond acceptors (Lipinski definition) is 5. The van der Waals surface area contributed by atoms with Gasteiger partial charge < -0.3 is 20.7 Å². The van der Waals surface area contributed by atoms with E-state index in [0.29, 0.717) is 11.3 Å². The number of anilines is 1. The summed E-state index contributed by atoms with van der Waals surface area (Å²) in [7, 11) is 0. The maximum atomic E-state index is 12.2. The summed E-state index contributed by atoms with van der Waals surface area (Å²) < 4.78 is 2.09. The second kappa shape index (κ2) is 9.91. The van der Waals surface area contributed by atoms with Crippen LogP contribution < -0.4 is 11.1 Å². The van der Waals surface area contributed by atoms with E-state index in [1.165, 1.54) is 5.56 Å². The predicted octanol–water partition coefficient (Wildman–Crippen LogP) is 5.62. The van der Waals surface area contributed by atoms with Crippen LogP contribution in [0.3, 0.4) is 0 Å². The lowest BCUT2D eigenvalue weighted by atomic mass is 9.92. The Labute approximate surface area is 221 Å². The number of pyridine rings is 2. The Balaban J connectivity index is 1.45. The van der Waals surface area contributed by atoms with Gasteiger partial charge in [-0.3, -0.25) is 9.78 Å². The van der Waals surface area contributed by atoms with Crippen molar-refractivity contribution in [3.8, 4) is 16.8 Å². The molecule has 0 radical (unpaired) electrons. The molecule has 1 fully saturated rings. The van der Waals surface area contributed by atoms with Gasteiger partial charge in [0.1, 0.15) is 5.65 Å². The summed E-state index contributed by atoms with van der Waals surface area (Å²) in [4.78, 5) is 21.7. The van der Waals surface area contributed by atoms with E-state index in [9.17, 15) is 9.90 Å². The number of nitrogens with two attached hydrogens (primary N) is 1. The molecular weight excluding hydrogens is 474 g/mol. The number of para-hydroxylation sites is 1. The average Bonchev–Trinajstić information content (AvgIpc) is 3.33. The van der Waals surface area contributed by atoms with Crippen LogP contribution in [-0.2, 0) is 6.42 Å². The van der Waals surface area contributed by atoms with Gasteiger partial charge in [-0.2, -0.15) is 0 Å². The Morgan fingerprint density at radius 2 is 1.89 bits per heavy atom. The van der Waals surface area contributed by atoms with E-state index in [0.717, 1.165) is 70.9 Å². The molecule has 7 nitrogen and oxygen atoms in total. The third kappa shape index (κ3) is 4.39. The Morgan fingerprint density at radius 3 is 2.68 bits per heavy atom. The van der Waals surface area contributed by atoms with Gasteiger partial charge in [-0.15, -0.1) is 0 Å². The highest BCUT2D eigenvalue weighted by Crippen LogP contribution is 2.35. The fraction of sp³-hybridized carbons (Fsp3) is 0.258. The van der Waals surface area contributed by atoms with Crippen molar-refractivity contribution in [2.24, 2.45) is 5.73 Å². The first-order valence-electron chi connectivity index (χ1n) is 13.2. The number of carbonyl (C=O) groups is 1. The van der Waals surface area contributed by atoms with Gasteiger partial charge in [0.15, 0.2) is 0 Å². The number of hydrogen-bond donors (Lipinski definition) is 3. The van der Waals surface area contributed by atoms with Gasteiger partial charge in [0.2, 0.25) is 0 Å². The van der Waals surface area contributed by atoms with Crippen molar-refractivity contribution in [1.29, 1.82) is 0 Å². The molecule has 0 saturated heterocycles. The number of aliphatic hydroxyl groups is 1. The summed E-state index contributed by atoms with van der Waals surface area (Å²) in [5.74, 6) is -0.467. The number of aryl methyl sites for hydroxylation is 1. The van der Waals surface area contributed by atoms with Gasteiger partial charge in [-0.25, -0.2) is 4.98 Å². The first kappa shape index (κ1) is 24.1. The number of fused-ring (bicyclic) bond motifs is 2. The number of rotatable bonds is 6. The zero-order chi connectivity index (χ0) is 26.2. The third-order valence-electron chi connectivity index (χ3n) is 7.65. The predicted molar refractivity (Wildman–Crippen MR) is 152 cm³/mol. The molecule has 7 heteroatoms. The highest BCUT2D eigenvalue weighted by Gasteiger charge is 2.22. The van der Waals surface area contributed by atoms with Crippen molar-refractivity contribution in [1.82, 2.24) is 14.5 Å². The van der Waals surface area contributed by atoms with Gasteiger partial charge in [0, 0.05) is 52.3 Å². The van der Waals surface area contributed by atoms with Crippen LogP contribution in [0.5, 0.6) is 0 Å². The van der Waals surface area contributed by atoms with Crippen molar-refractivity contribution in [2.45, 2.75) is 51.2 Å². The number of aliphatic hydroxyl groups excluding tert-OH is 1. The van der Waals surface area contributed by atoms with Crippen LogP contribution in [0, 0.1) is 0 Å². The molecule has 0 bridgehead atoms. The third-order valence-corrected chi connectivity index (χ3v) is 7.65. The molecule has 0 atom stereocenters. The van der Waals surface area contributed by atoms with E-state index < -0.39 is 5.91 Å². The number of benzene rings is 2.